The van der Waals surface area contributed by atoms with Crippen LogP contribution in [0.15, 0.2) is 82.7 Å². The lowest BCUT2D eigenvalue weighted by molar-refractivity contribution is -0.118. The van der Waals surface area contributed by atoms with Crippen molar-refractivity contribution in [3.63, 3.8) is 0 Å². The molecule has 174 valence electrons. The van der Waals surface area contributed by atoms with Crippen LogP contribution in [0.25, 0.3) is 10.9 Å². The molecule has 4 rings (SSSR count). The minimum Gasteiger partial charge on any atom is -0.351 e. The van der Waals surface area contributed by atoms with Crippen molar-refractivity contribution < 1.29 is 9.59 Å². The first kappa shape index (κ1) is 24.5. The SMILES string of the molecule is O=C(CSc1[nH]c2ccccc2c1SCC(=O)Nc1ccc(Cl)c(Cl)c1)NCc1ccccc1. The molecule has 34 heavy (non-hydrogen) atoms. The molecule has 0 aliphatic heterocycles. The Morgan fingerprint density at radius 1 is 0.824 bits per heavy atom. The third kappa shape index (κ3) is 6.51. The summed E-state index contributed by atoms with van der Waals surface area (Å²) in [6.45, 7) is 0.490. The molecule has 1 heterocycles. The van der Waals surface area contributed by atoms with Gasteiger partial charge in [-0.05, 0) is 29.8 Å². The molecular weight excluding hydrogens is 509 g/mol. The fourth-order valence-corrected chi connectivity index (χ4v) is 5.55. The Morgan fingerprint density at radius 2 is 1.56 bits per heavy atom. The molecule has 1 aromatic heterocycles. The van der Waals surface area contributed by atoms with Crippen LogP contribution in [0.1, 0.15) is 5.56 Å². The third-order valence-electron chi connectivity index (χ3n) is 4.86. The minimum absolute atomic E-state index is 0.0548. The molecule has 9 heteroatoms. The molecule has 4 aromatic rings. The quantitative estimate of drug-likeness (QED) is 0.213. The van der Waals surface area contributed by atoms with Gasteiger partial charge >= 0.3 is 0 Å². The maximum absolute atomic E-state index is 12.5. The van der Waals surface area contributed by atoms with Gasteiger partial charge in [0.2, 0.25) is 11.8 Å². The molecule has 0 unspecified atom stereocenters. The summed E-state index contributed by atoms with van der Waals surface area (Å²) in [6.07, 6.45) is 0. The number of aromatic nitrogens is 1. The van der Waals surface area contributed by atoms with Gasteiger partial charge in [-0.15, -0.1) is 11.8 Å². The summed E-state index contributed by atoms with van der Waals surface area (Å²) in [7, 11) is 0. The maximum atomic E-state index is 12.5. The van der Waals surface area contributed by atoms with E-state index in [2.05, 4.69) is 15.6 Å². The molecule has 2 amide bonds. The summed E-state index contributed by atoms with van der Waals surface area (Å²) >= 11 is 14.8. The minimum atomic E-state index is -0.162. The van der Waals surface area contributed by atoms with Crippen molar-refractivity contribution in [1.82, 2.24) is 10.3 Å². The summed E-state index contributed by atoms with van der Waals surface area (Å²) in [5.41, 5.74) is 2.60. The van der Waals surface area contributed by atoms with Crippen LogP contribution < -0.4 is 10.6 Å². The molecule has 0 atom stereocenters. The molecule has 0 radical (unpaired) electrons. The lowest BCUT2D eigenvalue weighted by Gasteiger charge is -2.08. The van der Waals surface area contributed by atoms with E-state index in [4.69, 9.17) is 23.2 Å². The molecule has 0 bridgehead atoms. The Bertz CT molecular complexity index is 1310. The average Bonchev–Trinajstić information content (AvgIpc) is 3.20. The molecule has 0 spiro atoms. The molecule has 0 fully saturated rings. The van der Waals surface area contributed by atoms with Gasteiger partial charge in [-0.3, -0.25) is 9.59 Å². The van der Waals surface area contributed by atoms with Crippen LogP contribution in [0.3, 0.4) is 0 Å². The van der Waals surface area contributed by atoms with Crippen molar-refractivity contribution >= 4 is 75.1 Å². The van der Waals surface area contributed by atoms with Gasteiger partial charge in [-0.1, -0.05) is 83.5 Å². The highest BCUT2D eigenvalue weighted by atomic mass is 35.5. The number of amides is 2. The van der Waals surface area contributed by atoms with Crippen molar-refractivity contribution in [2.24, 2.45) is 0 Å². The van der Waals surface area contributed by atoms with E-state index < -0.39 is 0 Å². The predicted octanol–water partition coefficient (Wildman–Crippen LogP) is 6.61. The lowest BCUT2D eigenvalue weighted by atomic mass is 10.2. The Kier molecular flexibility index (Phi) is 8.45. The topological polar surface area (TPSA) is 74.0 Å². The van der Waals surface area contributed by atoms with E-state index in [1.807, 2.05) is 54.6 Å². The Labute approximate surface area is 216 Å². The van der Waals surface area contributed by atoms with E-state index in [0.29, 0.717) is 22.3 Å². The van der Waals surface area contributed by atoms with Crippen LogP contribution in [0.4, 0.5) is 5.69 Å². The lowest BCUT2D eigenvalue weighted by Crippen LogP contribution is -2.24. The number of thioether (sulfide) groups is 2. The van der Waals surface area contributed by atoms with Crippen LogP contribution in [-0.2, 0) is 16.1 Å². The highest BCUT2D eigenvalue weighted by Crippen LogP contribution is 2.37. The summed E-state index contributed by atoms with van der Waals surface area (Å²) < 4.78 is 0. The first-order valence-corrected chi connectivity index (χ1v) is 13.1. The van der Waals surface area contributed by atoms with E-state index in [9.17, 15) is 9.59 Å². The Balaban J connectivity index is 1.39. The first-order valence-electron chi connectivity index (χ1n) is 10.4. The van der Waals surface area contributed by atoms with E-state index >= 15 is 0 Å². The van der Waals surface area contributed by atoms with Crippen LogP contribution in [0, 0.1) is 0 Å². The fourth-order valence-electron chi connectivity index (χ4n) is 3.23. The maximum Gasteiger partial charge on any atom is 0.234 e. The number of para-hydroxylation sites is 1. The van der Waals surface area contributed by atoms with Crippen LogP contribution in [-0.4, -0.2) is 28.3 Å². The molecule has 3 aromatic carbocycles. The van der Waals surface area contributed by atoms with Gasteiger partial charge in [0.05, 0.1) is 26.6 Å². The van der Waals surface area contributed by atoms with Crippen LogP contribution in [0.5, 0.6) is 0 Å². The highest BCUT2D eigenvalue weighted by molar-refractivity contribution is 8.03. The summed E-state index contributed by atoms with van der Waals surface area (Å²) in [5, 5.41) is 8.48. The number of nitrogens with one attached hydrogen (secondary N) is 3. The molecule has 5 nitrogen and oxygen atoms in total. The third-order valence-corrected chi connectivity index (χ3v) is 7.85. The number of carbonyl (C=O) groups is 2. The number of halogens is 2. The fraction of sp³-hybridized carbons (Fsp3) is 0.120. The number of fused-ring (bicyclic) bond motifs is 1. The standard InChI is InChI=1S/C25H21Cl2N3O2S2/c26-19-11-10-17(12-20(19)27)29-23(32)15-33-24-18-8-4-5-9-21(18)30-25(24)34-14-22(31)28-13-16-6-2-1-3-7-16/h1-12,30H,13-15H2,(H,28,31)(H,29,32). The number of rotatable bonds is 9. The molecule has 0 aliphatic rings. The molecule has 3 N–H and O–H groups in total. The van der Waals surface area contributed by atoms with Crippen molar-refractivity contribution in [3.05, 3.63) is 88.4 Å². The van der Waals surface area contributed by atoms with Crippen molar-refractivity contribution in [2.45, 2.75) is 16.5 Å². The van der Waals surface area contributed by atoms with Crippen LogP contribution in [0.2, 0.25) is 10.0 Å². The van der Waals surface area contributed by atoms with Gasteiger partial charge < -0.3 is 15.6 Å². The molecule has 0 saturated carbocycles. The molecule has 0 aliphatic carbocycles. The van der Waals surface area contributed by atoms with Gasteiger partial charge in [-0.2, -0.15) is 0 Å². The van der Waals surface area contributed by atoms with E-state index in [1.54, 1.807) is 18.2 Å². The highest BCUT2D eigenvalue weighted by Gasteiger charge is 2.16. The van der Waals surface area contributed by atoms with Gasteiger partial charge in [0.1, 0.15) is 0 Å². The number of carbonyl (C=O) groups excluding carboxylic acids is 2. The normalized spacial score (nSPS) is 10.9. The van der Waals surface area contributed by atoms with E-state index in [1.165, 1.54) is 23.5 Å². The predicted molar refractivity (Wildman–Crippen MR) is 143 cm³/mol. The van der Waals surface area contributed by atoms with Gasteiger partial charge in [0.25, 0.3) is 0 Å². The largest absolute Gasteiger partial charge is 0.351 e. The van der Waals surface area contributed by atoms with E-state index in [-0.39, 0.29) is 23.3 Å². The Hall–Kier alpha value is -2.58. The summed E-state index contributed by atoms with van der Waals surface area (Å²) in [5.74, 6) is 0.254. The summed E-state index contributed by atoms with van der Waals surface area (Å²) in [6, 6.07) is 22.6. The number of H-pyrrole nitrogens is 1. The van der Waals surface area contributed by atoms with Crippen molar-refractivity contribution in [2.75, 3.05) is 16.8 Å². The zero-order valence-electron chi connectivity index (χ0n) is 17.9. The number of aromatic amines is 1. The monoisotopic (exact) mass is 529 g/mol. The first-order chi connectivity index (χ1) is 16.5. The van der Waals surface area contributed by atoms with Crippen molar-refractivity contribution in [1.29, 1.82) is 0 Å². The number of benzene rings is 3. The van der Waals surface area contributed by atoms with Crippen LogP contribution >= 0.6 is 46.7 Å². The van der Waals surface area contributed by atoms with Gasteiger partial charge in [0, 0.05) is 28.0 Å². The second-order valence-corrected chi connectivity index (χ2v) is 10.1. The number of anilines is 1. The van der Waals surface area contributed by atoms with Gasteiger partial charge in [-0.25, -0.2) is 0 Å². The van der Waals surface area contributed by atoms with Crippen molar-refractivity contribution in [3.8, 4) is 0 Å². The smallest absolute Gasteiger partial charge is 0.234 e. The molecule has 0 saturated heterocycles. The number of hydrogen-bond acceptors (Lipinski definition) is 4. The second-order valence-electron chi connectivity index (χ2n) is 7.35. The van der Waals surface area contributed by atoms with Gasteiger partial charge in [0.15, 0.2) is 0 Å². The number of hydrogen-bond donors (Lipinski definition) is 3. The summed E-state index contributed by atoms with van der Waals surface area (Å²) in [4.78, 5) is 29.3. The zero-order valence-corrected chi connectivity index (χ0v) is 21.1. The second kappa shape index (κ2) is 11.7. The van der Waals surface area contributed by atoms with E-state index in [0.717, 1.165) is 26.4 Å². The molecular formula is C25H21Cl2N3O2S2. The Morgan fingerprint density at radius 3 is 2.35 bits per heavy atom. The average molecular weight is 531 g/mol. The zero-order chi connectivity index (χ0) is 23.9.